The molecule has 2 heterocycles. The summed E-state index contributed by atoms with van der Waals surface area (Å²) in [6.07, 6.45) is 1.71. The maximum absolute atomic E-state index is 12.2. The third-order valence-corrected chi connectivity index (χ3v) is 4.74. The van der Waals surface area contributed by atoms with Gasteiger partial charge in [0, 0.05) is 16.6 Å². The Morgan fingerprint density at radius 1 is 1.27 bits per heavy atom. The third-order valence-electron chi connectivity index (χ3n) is 3.92. The SMILES string of the molecule is Cc1cnc(NC(=O)c2ccc(Cn3nc(C)c([N+](=O)[O-])c3C)cc2)s1. The van der Waals surface area contributed by atoms with Crippen molar-refractivity contribution in [1.82, 2.24) is 14.8 Å². The zero-order valence-corrected chi connectivity index (χ0v) is 15.3. The number of aromatic nitrogens is 3. The van der Waals surface area contributed by atoms with E-state index in [1.54, 1.807) is 36.9 Å². The van der Waals surface area contributed by atoms with Gasteiger partial charge in [-0.1, -0.05) is 12.1 Å². The lowest BCUT2D eigenvalue weighted by atomic mass is 10.1. The van der Waals surface area contributed by atoms with Crippen molar-refractivity contribution in [2.24, 2.45) is 0 Å². The molecule has 9 heteroatoms. The number of amides is 1. The summed E-state index contributed by atoms with van der Waals surface area (Å²) in [5, 5.41) is 18.6. The first-order valence-electron chi connectivity index (χ1n) is 7.86. The van der Waals surface area contributed by atoms with Gasteiger partial charge >= 0.3 is 5.69 Å². The van der Waals surface area contributed by atoms with Crippen molar-refractivity contribution in [3.63, 3.8) is 0 Å². The second kappa shape index (κ2) is 7.04. The summed E-state index contributed by atoms with van der Waals surface area (Å²) in [4.78, 5) is 28.0. The maximum Gasteiger partial charge on any atom is 0.312 e. The molecule has 0 saturated carbocycles. The molecular formula is C17H17N5O3S. The van der Waals surface area contributed by atoms with Crippen molar-refractivity contribution in [1.29, 1.82) is 0 Å². The van der Waals surface area contributed by atoms with E-state index in [0.717, 1.165) is 10.4 Å². The minimum atomic E-state index is -0.415. The number of rotatable bonds is 5. The standard InChI is InChI=1S/C17H17N5O3S/c1-10-8-18-17(26-10)19-16(23)14-6-4-13(5-7-14)9-21-12(3)15(22(24)25)11(2)20-21/h4-8H,9H2,1-3H3,(H,18,19,23). The van der Waals surface area contributed by atoms with Crippen molar-refractivity contribution in [2.75, 3.05) is 5.32 Å². The molecule has 0 aliphatic carbocycles. The van der Waals surface area contributed by atoms with Crippen LogP contribution >= 0.6 is 11.3 Å². The molecule has 134 valence electrons. The lowest BCUT2D eigenvalue weighted by Gasteiger charge is -2.06. The average molecular weight is 371 g/mol. The van der Waals surface area contributed by atoms with E-state index in [0.29, 0.717) is 28.6 Å². The molecule has 1 N–H and O–H groups in total. The van der Waals surface area contributed by atoms with Gasteiger partial charge in [0.05, 0.1) is 11.5 Å². The highest BCUT2D eigenvalue weighted by molar-refractivity contribution is 7.15. The van der Waals surface area contributed by atoms with Gasteiger partial charge in [0.1, 0.15) is 11.4 Å². The summed E-state index contributed by atoms with van der Waals surface area (Å²) in [6.45, 7) is 5.62. The van der Waals surface area contributed by atoms with Crippen LogP contribution in [0.2, 0.25) is 0 Å². The van der Waals surface area contributed by atoms with E-state index in [2.05, 4.69) is 15.4 Å². The van der Waals surface area contributed by atoms with Crippen molar-refractivity contribution < 1.29 is 9.72 Å². The lowest BCUT2D eigenvalue weighted by Crippen LogP contribution is -2.12. The molecule has 0 aliphatic rings. The zero-order chi connectivity index (χ0) is 18.8. The Balaban J connectivity index is 1.73. The molecule has 0 fully saturated rings. The quantitative estimate of drug-likeness (QED) is 0.546. The van der Waals surface area contributed by atoms with E-state index in [1.165, 1.54) is 11.3 Å². The fraction of sp³-hybridized carbons (Fsp3) is 0.235. The van der Waals surface area contributed by atoms with E-state index in [4.69, 9.17) is 0 Å². The Hall–Kier alpha value is -3.07. The van der Waals surface area contributed by atoms with Gasteiger partial charge in [-0.2, -0.15) is 5.10 Å². The van der Waals surface area contributed by atoms with Crippen molar-refractivity contribution in [3.05, 3.63) is 68.0 Å². The molecule has 0 spiro atoms. The molecule has 3 aromatic rings. The highest BCUT2D eigenvalue weighted by Gasteiger charge is 2.21. The van der Waals surface area contributed by atoms with Crippen LogP contribution in [0.1, 0.15) is 32.2 Å². The van der Waals surface area contributed by atoms with Gasteiger partial charge in [-0.25, -0.2) is 4.98 Å². The second-order valence-electron chi connectivity index (χ2n) is 5.86. The molecule has 0 atom stereocenters. The van der Waals surface area contributed by atoms with Crippen LogP contribution in [0.3, 0.4) is 0 Å². The van der Waals surface area contributed by atoms with E-state index in [9.17, 15) is 14.9 Å². The Bertz CT molecular complexity index is 975. The van der Waals surface area contributed by atoms with Gasteiger partial charge in [0.15, 0.2) is 5.13 Å². The molecule has 3 rings (SSSR count). The van der Waals surface area contributed by atoms with Gasteiger partial charge < -0.3 is 0 Å². The summed E-state index contributed by atoms with van der Waals surface area (Å²) >= 11 is 1.41. The number of hydrogen-bond acceptors (Lipinski definition) is 6. The van der Waals surface area contributed by atoms with Crippen molar-refractivity contribution in [3.8, 4) is 0 Å². The zero-order valence-electron chi connectivity index (χ0n) is 14.5. The van der Waals surface area contributed by atoms with Crippen molar-refractivity contribution >= 4 is 28.1 Å². The summed E-state index contributed by atoms with van der Waals surface area (Å²) in [5.41, 5.74) is 2.35. The molecule has 0 aliphatic heterocycles. The summed E-state index contributed by atoms with van der Waals surface area (Å²) in [7, 11) is 0. The number of nitro groups is 1. The number of hydrogen-bond donors (Lipinski definition) is 1. The number of thiazole rings is 1. The monoisotopic (exact) mass is 371 g/mol. The topological polar surface area (TPSA) is 103 Å². The number of benzene rings is 1. The van der Waals surface area contributed by atoms with Gasteiger partial charge in [0.2, 0.25) is 0 Å². The van der Waals surface area contributed by atoms with Gasteiger partial charge in [-0.3, -0.25) is 24.9 Å². The predicted molar refractivity (Wildman–Crippen MR) is 98.7 cm³/mol. The van der Waals surface area contributed by atoms with Crippen LogP contribution in [-0.4, -0.2) is 25.6 Å². The third kappa shape index (κ3) is 3.62. The van der Waals surface area contributed by atoms with E-state index in [1.807, 2.05) is 19.1 Å². The van der Waals surface area contributed by atoms with Gasteiger partial charge in [-0.15, -0.1) is 11.3 Å². The maximum atomic E-state index is 12.2. The fourth-order valence-corrected chi connectivity index (χ4v) is 3.28. The van der Waals surface area contributed by atoms with Crippen molar-refractivity contribution in [2.45, 2.75) is 27.3 Å². The molecule has 1 amide bonds. The molecule has 1 aromatic carbocycles. The largest absolute Gasteiger partial charge is 0.312 e. The molecule has 0 saturated heterocycles. The van der Waals surface area contributed by atoms with E-state index < -0.39 is 4.92 Å². The van der Waals surface area contributed by atoms with Crippen LogP contribution < -0.4 is 5.32 Å². The first-order valence-corrected chi connectivity index (χ1v) is 8.68. The molecule has 0 bridgehead atoms. The highest BCUT2D eigenvalue weighted by atomic mass is 32.1. The van der Waals surface area contributed by atoms with E-state index in [-0.39, 0.29) is 11.6 Å². The molecule has 8 nitrogen and oxygen atoms in total. The minimum absolute atomic E-state index is 0.0414. The molecule has 0 radical (unpaired) electrons. The summed E-state index contributed by atoms with van der Waals surface area (Å²) in [6, 6.07) is 7.05. The predicted octanol–water partition coefficient (Wildman–Crippen LogP) is 3.47. The normalized spacial score (nSPS) is 10.7. The lowest BCUT2D eigenvalue weighted by molar-refractivity contribution is -0.386. The number of nitrogens with one attached hydrogen (secondary N) is 1. The Morgan fingerprint density at radius 3 is 2.50 bits per heavy atom. The van der Waals surface area contributed by atoms with Crippen LogP contribution in [0.25, 0.3) is 0 Å². The minimum Gasteiger partial charge on any atom is -0.298 e. The average Bonchev–Trinajstić information content (AvgIpc) is 3.11. The number of carbonyl (C=O) groups is 1. The van der Waals surface area contributed by atoms with Crippen LogP contribution in [-0.2, 0) is 6.54 Å². The van der Waals surface area contributed by atoms with Crippen LogP contribution in [0, 0.1) is 30.9 Å². The van der Waals surface area contributed by atoms with Gasteiger partial charge in [0.25, 0.3) is 5.91 Å². The summed E-state index contributed by atoms with van der Waals surface area (Å²) < 4.78 is 1.60. The first kappa shape index (κ1) is 17.7. The molecule has 26 heavy (non-hydrogen) atoms. The smallest absolute Gasteiger partial charge is 0.298 e. The van der Waals surface area contributed by atoms with Gasteiger partial charge in [-0.05, 0) is 38.5 Å². The van der Waals surface area contributed by atoms with Crippen LogP contribution in [0.15, 0.2) is 30.5 Å². The Labute approximate surface area is 153 Å². The number of aryl methyl sites for hydroxylation is 2. The number of carbonyl (C=O) groups excluding carboxylic acids is 1. The molecule has 0 unspecified atom stereocenters. The Morgan fingerprint density at radius 2 is 1.96 bits per heavy atom. The van der Waals surface area contributed by atoms with Crippen LogP contribution in [0.5, 0.6) is 0 Å². The fourth-order valence-electron chi connectivity index (χ4n) is 2.62. The molecule has 2 aromatic heterocycles. The molecular weight excluding hydrogens is 354 g/mol. The summed E-state index contributed by atoms with van der Waals surface area (Å²) in [5.74, 6) is -0.229. The second-order valence-corrected chi connectivity index (χ2v) is 7.10. The number of anilines is 1. The highest BCUT2D eigenvalue weighted by Crippen LogP contribution is 2.23. The first-order chi connectivity index (χ1) is 12.3. The number of nitrogens with zero attached hydrogens (tertiary/aromatic N) is 4. The van der Waals surface area contributed by atoms with Crippen LogP contribution in [0.4, 0.5) is 10.8 Å². The Kier molecular flexibility index (Phi) is 4.81. The van der Waals surface area contributed by atoms with E-state index >= 15 is 0 Å².